The van der Waals surface area contributed by atoms with Crippen molar-refractivity contribution in [2.24, 2.45) is 7.05 Å². The number of rotatable bonds is 11. The Morgan fingerprint density at radius 3 is 2.66 bits per heavy atom. The monoisotopic (exact) mass is 589 g/mol. The zero-order valence-electron chi connectivity index (χ0n) is 23.0. The van der Waals surface area contributed by atoms with Crippen LogP contribution in [0.1, 0.15) is 42.2 Å². The summed E-state index contributed by atoms with van der Waals surface area (Å²) in [5.41, 5.74) is 4.10. The highest BCUT2D eigenvalue weighted by atomic mass is 32.2. The van der Waals surface area contributed by atoms with Crippen molar-refractivity contribution < 1.29 is 17.9 Å². The fourth-order valence-corrected chi connectivity index (χ4v) is 6.75. The second-order valence-electron chi connectivity index (χ2n) is 9.89. The molecule has 0 aliphatic rings. The number of aromatic nitrogens is 3. The van der Waals surface area contributed by atoms with Crippen molar-refractivity contribution >= 4 is 49.8 Å². The fraction of sp³-hybridized carbons (Fsp3) is 0.233. The fourth-order valence-electron chi connectivity index (χ4n) is 4.29. The lowest BCUT2D eigenvalue weighted by molar-refractivity contribution is 0.0948. The number of hydrogen-bond donors (Lipinski definition) is 2. The first-order valence-electron chi connectivity index (χ1n) is 13.2. The van der Waals surface area contributed by atoms with Crippen LogP contribution in [0.5, 0.6) is 11.5 Å². The van der Waals surface area contributed by atoms with Crippen molar-refractivity contribution in [3.63, 3.8) is 0 Å². The summed E-state index contributed by atoms with van der Waals surface area (Å²) in [5.74, 6) is 1.72. The Morgan fingerprint density at radius 2 is 1.88 bits per heavy atom. The molecule has 2 aromatic carbocycles. The molecule has 9 nitrogen and oxygen atoms in total. The van der Waals surface area contributed by atoms with Crippen molar-refractivity contribution in [3.8, 4) is 11.5 Å². The van der Waals surface area contributed by atoms with Gasteiger partial charge in [0.1, 0.15) is 21.4 Å². The summed E-state index contributed by atoms with van der Waals surface area (Å²) < 4.78 is 33.0. The number of nitrogens with one attached hydrogen (secondary N) is 2. The molecule has 3 aromatic heterocycles. The largest absolute Gasteiger partial charge is 0.457 e. The molecule has 0 radical (unpaired) electrons. The molecule has 5 aromatic rings. The molecule has 0 atom stereocenters. The smallest absolute Gasteiger partial charge is 0.270 e. The van der Waals surface area contributed by atoms with E-state index in [2.05, 4.69) is 41.6 Å². The molecular weight excluding hydrogens is 558 g/mol. The molecule has 212 valence electrons. The van der Waals surface area contributed by atoms with Gasteiger partial charge in [-0.15, -0.1) is 11.3 Å². The van der Waals surface area contributed by atoms with Crippen molar-refractivity contribution in [2.75, 3.05) is 17.6 Å². The van der Waals surface area contributed by atoms with E-state index in [1.165, 1.54) is 23.1 Å². The normalized spacial score (nSPS) is 11.6. The maximum absolute atomic E-state index is 12.6. The first-order chi connectivity index (χ1) is 19.7. The maximum atomic E-state index is 12.6. The van der Waals surface area contributed by atoms with Crippen molar-refractivity contribution in [2.45, 2.75) is 30.4 Å². The number of sulfone groups is 1. The molecule has 1 amide bonds. The van der Waals surface area contributed by atoms with Crippen LogP contribution in [0.15, 0.2) is 82.5 Å². The highest BCUT2D eigenvalue weighted by Gasteiger charge is 2.16. The van der Waals surface area contributed by atoms with Crippen LogP contribution in [-0.2, 0) is 16.9 Å². The van der Waals surface area contributed by atoms with Gasteiger partial charge < -0.3 is 19.9 Å². The molecule has 0 bridgehead atoms. The van der Waals surface area contributed by atoms with Crippen LogP contribution >= 0.6 is 11.3 Å². The summed E-state index contributed by atoms with van der Waals surface area (Å²) in [6.07, 6.45) is 1.80. The third kappa shape index (κ3) is 6.75. The highest BCUT2D eigenvalue weighted by molar-refractivity contribution is 7.93. The summed E-state index contributed by atoms with van der Waals surface area (Å²) in [6, 6.07) is 20.4. The van der Waals surface area contributed by atoms with Crippen molar-refractivity contribution in [3.05, 3.63) is 89.6 Å². The van der Waals surface area contributed by atoms with E-state index in [9.17, 15) is 13.2 Å². The number of fused-ring (bicyclic) bond motifs is 1. The molecule has 3 heterocycles. The molecular formula is C30H31N5O4S2. The van der Waals surface area contributed by atoms with Gasteiger partial charge in [-0.05, 0) is 59.7 Å². The summed E-state index contributed by atoms with van der Waals surface area (Å²) in [7, 11) is -1.38. The van der Waals surface area contributed by atoms with Gasteiger partial charge in [-0.2, -0.15) is 0 Å². The second kappa shape index (κ2) is 12.1. The molecule has 0 unspecified atom stereocenters. The third-order valence-electron chi connectivity index (χ3n) is 6.54. The van der Waals surface area contributed by atoms with E-state index in [4.69, 9.17) is 9.72 Å². The van der Waals surface area contributed by atoms with Gasteiger partial charge in [0, 0.05) is 37.6 Å². The van der Waals surface area contributed by atoms with Gasteiger partial charge >= 0.3 is 0 Å². The number of nitrogens with zero attached hydrogens (tertiary/aromatic N) is 3. The highest BCUT2D eigenvalue weighted by Crippen LogP contribution is 2.29. The molecule has 0 spiro atoms. The Balaban J connectivity index is 1.22. The number of carbonyl (C=O) groups is 1. The molecule has 0 aliphatic heterocycles. The Bertz CT molecular complexity index is 1780. The molecule has 0 saturated heterocycles. The minimum absolute atomic E-state index is 0.0397. The summed E-state index contributed by atoms with van der Waals surface area (Å²) in [5, 5.41) is 7.87. The quantitative estimate of drug-likeness (QED) is 0.174. The Labute approximate surface area is 243 Å². The number of pyridine rings is 1. The predicted octanol–water partition coefficient (Wildman–Crippen LogP) is 6.28. The van der Waals surface area contributed by atoms with E-state index in [1.807, 2.05) is 41.9 Å². The maximum Gasteiger partial charge on any atom is 0.270 e. The molecule has 0 fully saturated rings. The number of aryl methyl sites for hydroxylation is 1. The second-order valence-corrected chi connectivity index (χ2v) is 13.2. The van der Waals surface area contributed by atoms with E-state index in [0.717, 1.165) is 16.7 Å². The van der Waals surface area contributed by atoms with Crippen LogP contribution < -0.4 is 15.4 Å². The lowest BCUT2D eigenvalue weighted by Gasteiger charge is -2.10. The van der Waals surface area contributed by atoms with Gasteiger partial charge in [-0.25, -0.2) is 13.4 Å². The van der Waals surface area contributed by atoms with E-state index in [-0.39, 0.29) is 18.0 Å². The topological polar surface area (TPSA) is 115 Å². The van der Waals surface area contributed by atoms with Gasteiger partial charge in [0.15, 0.2) is 9.84 Å². The molecule has 2 N–H and O–H groups in total. The Hall–Kier alpha value is -4.22. The summed E-state index contributed by atoms with van der Waals surface area (Å²) in [6.45, 7) is 4.54. The van der Waals surface area contributed by atoms with Crippen LogP contribution in [0.4, 0.5) is 11.6 Å². The lowest BCUT2D eigenvalue weighted by atomic mass is 10.0. The van der Waals surface area contributed by atoms with E-state index < -0.39 is 15.7 Å². The lowest BCUT2D eigenvalue weighted by Crippen LogP contribution is -2.26. The molecule has 5 rings (SSSR count). The van der Waals surface area contributed by atoms with Gasteiger partial charge in [0.05, 0.1) is 16.8 Å². The van der Waals surface area contributed by atoms with Crippen LogP contribution in [-0.4, -0.2) is 41.2 Å². The molecule has 0 aliphatic carbocycles. The van der Waals surface area contributed by atoms with Gasteiger partial charge in [-0.1, -0.05) is 32.0 Å². The van der Waals surface area contributed by atoms with Gasteiger partial charge in [-0.3, -0.25) is 9.78 Å². The van der Waals surface area contributed by atoms with Crippen LogP contribution in [0.3, 0.4) is 0 Å². The first kappa shape index (κ1) is 28.3. The zero-order valence-corrected chi connectivity index (χ0v) is 24.6. The number of carbonyl (C=O) groups excluding carboxylic acids is 1. The van der Waals surface area contributed by atoms with E-state index in [0.29, 0.717) is 34.0 Å². The number of thiophene rings is 1. The van der Waals surface area contributed by atoms with Crippen molar-refractivity contribution in [1.29, 1.82) is 0 Å². The number of amides is 1. The van der Waals surface area contributed by atoms with E-state index >= 15 is 0 Å². The number of ether oxygens (including phenoxy) is 1. The number of benzene rings is 2. The standard InChI is InChI=1S/C30H31N5O4S2/c1-20(2)21-7-4-8-22(17-21)33-30-34-25-18-23(10-11-27(25)35(30)3)39-24-12-14-31-26(19-24)29(36)32-13-6-16-41(37,38)28-9-5-15-40-28/h4-5,7-12,14-15,17-20H,6,13,16H2,1-3H3,(H,32,36)(H,33,34). The average Bonchev–Trinajstić information content (AvgIpc) is 3.61. The van der Waals surface area contributed by atoms with Crippen LogP contribution in [0.2, 0.25) is 0 Å². The minimum Gasteiger partial charge on any atom is -0.457 e. The number of imidazole rings is 1. The van der Waals surface area contributed by atoms with Crippen molar-refractivity contribution in [1.82, 2.24) is 19.9 Å². The number of anilines is 2. The van der Waals surface area contributed by atoms with E-state index in [1.54, 1.807) is 29.6 Å². The Kier molecular flexibility index (Phi) is 8.36. The summed E-state index contributed by atoms with van der Waals surface area (Å²) in [4.78, 5) is 21.5. The van der Waals surface area contributed by atoms with Gasteiger partial charge in [0.2, 0.25) is 5.95 Å². The molecule has 0 saturated carbocycles. The number of hydrogen-bond acceptors (Lipinski definition) is 8. The van der Waals surface area contributed by atoms with Crippen LogP contribution in [0, 0.1) is 0 Å². The molecule has 41 heavy (non-hydrogen) atoms. The van der Waals surface area contributed by atoms with Gasteiger partial charge in [0.25, 0.3) is 5.91 Å². The zero-order chi connectivity index (χ0) is 29.0. The molecule has 11 heteroatoms. The average molecular weight is 590 g/mol. The first-order valence-corrected chi connectivity index (χ1v) is 15.7. The predicted molar refractivity (Wildman–Crippen MR) is 162 cm³/mol. The summed E-state index contributed by atoms with van der Waals surface area (Å²) >= 11 is 1.19. The third-order valence-corrected chi connectivity index (χ3v) is 9.83. The van der Waals surface area contributed by atoms with Crippen LogP contribution in [0.25, 0.3) is 11.0 Å². The SMILES string of the molecule is CC(C)c1cccc(Nc2nc3cc(Oc4ccnc(C(=O)NCCCS(=O)(=O)c5cccs5)c4)ccc3n2C)c1. The Morgan fingerprint density at radius 1 is 1.05 bits per heavy atom. The minimum atomic E-state index is -3.34.